The Labute approximate surface area is 116 Å². The van der Waals surface area contributed by atoms with Gasteiger partial charge in [0.15, 0.2) is 5.82 Å². The molecule has 0 unspecified atom stereocenters. The number of aromatic nitrogens is 3. The predicted octanol–water partition coefficient (Wildman–Crippen LogP) is 0.257. The molecule has 106 valence electrons. The molecule has 0 aliphatic carbocycles. The first kappa shape index (κ1) is 14.5. The highest BCUT2D eigenvalue weighted by Crippen LogP contribution is 2.14. The van der Waals surface area contributed by atoms with Crippen LogP contribution in [0.4, 0.5) is 4.39 Å². The van der Waals surface area contributed by atoms with Gasteiger partial charge in [-0.05, 0) is 19.9 Å². The molecule has 0 aliphatic heterocycles. The molecule has 0 saturated heterocycles. The number of ether oxygens (including phenoxy) is 1. The third-order valence-electron chi connectivity index (χ3n) is 2.75. The molecule has 0 radical (unpaired) electrons. The molecule has 6 nitrogen and oxygen atoms in total. The van der Waals surface area contributed by atoms with E-state index in [9.17, 15) is 4.39 Å². The molecular weight excluding hydrogens is 264 g/mol. The van der Waals surface area contributed by atoms with Crippen molar-refractivity contribution < 1.29 is 19.2 Å². The summed E-state index contributed by atoms with van der Waals surface area (Å²) in [6.45, 7) is 4.09. The maximum Gasteiger partial charge on any atom is 0.491 e. The van der Waals surface area contributed by atoms with Crippen LogP contribution in [0.3, 0.4) is 0 Å². The maximum absolute atomic E-state index is 13.5. The van der Waals surface area contributed by atoms with Gasteiger partial charge < -0.3 is 14.8 Å². The van der Waals surface area contributed by atoms with Gasteiger partial charge in [0.1, 0.15) is 24.5 Å². The first-order valence-electron chi connectivity index (χ1n) is 6.15. The van der Waals surface area contributed by atoms with E-state index in [-0.39, 0.29) is 23.9 Å². The molecule has 1 heterocycles. The number of hydrogen-bond donors (Lipinski definition) is 2. The summed E-state index contributed by atoms with van der Waals surface area (Å²) in [5, 5.41) is 21.9. The summed E-state index contributed by atoms with van der Waals surface area (Å²) in [5.74, 6) is 0.180. The Hall–Kier alpha value is -1.93. The zero-order valence-corrected chi connectivity index (χ0v) is 11.2. The van der Waals surface area contributed by atoms with Gasteiger partial charge in [0.25, 0.3) is 0 Å². The SMILES string of the molecule is CC(C)n1ncnc1COc1ccc(B(O)O)c(F)c1. The first-order valence-corrected chi connectivity index (χ1v) is 6.15. The molecule has 0 saturated carbocycles. The predicted molar refractivity (Wildman–Crippen MR) is 71.0 cm³/mol. The summed E-state index contributed by atoms with van der Waals surface area (Å²) in [7, 11) is -1.84. The fraction of sp³-hybridized carbons (Fsp3) is 0.333. The Balaban J connectivity index is 2.08. The summed E-state index contributed by atoms with van der Waals surface area (Å²) >= 11 is 0. The highest BCUT2D eigenvalue weighted by Gasteiger charge is 2.17. The minimum absolute atomic E-state index is 0.151. The number of rotatable bonds is 5. The van der Waals surface area contributed by atoms with Crippen molar-refractivity contribution in [2.75, 3.05) is 0 Å². The molecule has 1 aromatic carbocycles. The van der Waals surface area contributed by atoms with Crippen LogP contribution in [0.1, 0.15) is 25.7 Å². The molecule has 20 heavy (non-hydrogen) atoms. The van der Waals surface area contributed by atoms with Gasteiger partial charge in [0.05, 0.1) is 0 Å². The zero-order chi connectivity index (χ0) is 14.7. The Bertz CT molecular complexity index is 589. The number of halogens is 1. The van der Waals surface area contributed by atoms with Crippen LogP contribution in [-0.4, -0.2) is 31.9 Å². The highest BCUT2D eigenvalue weighted by molar-refractivity contribution is 6.58. The van der Waals surface area contributed by atoms with Crippen LogP contribution >= 0.6 is 0 Å². The van der Waals surface area contributed by atoms with E-state index in [0.29, 0.717) is 5.82 Å². The average Bonchev–Trinajstić information content (AvgIpc) is 2.84. The van der Waals surface area contributed by atoms with Crippen molar-refractivity contribution in [2.24, 2.45) is 0 Å². The van der Waals surface area contributed by atoms with Crippen molar-refractivity contribution >= 4 is 12.6 Å². The van der Waals surface area contributed by atoms with E-state index in [1.807, 2.05) is 13.8 Å². The molecule has 0 bridgehead atoms. The fourth-order valence-electron chi connectivity index (χ4n) is 1.76. The van der Waals surface area contributed by atoms with Crippen LogP contribution in [0, 0.1) is 5.82 Å². The maximum atomic E-state index is 13.5. The van der Waals surface area contributed by atoms with E-state index >= 15 is 0 Å². The van der Waals surface area contributed by atoms with Gasteiger partial charge in [-0.25, -0.2) is 14.1 Å². The standard InChI is InChI=1S/C12H15BFN3O3/c1-8(2)17-12(15-7-16-17)6-20-9-3-4-10(13(18)19)11(14)5-9/h3-5,7-8,18-19H,6H2,1-2H3. The minimum Gasteiger partial charge on any atom is -0.486 e. The van der Waals surface area contributed by atoms with Crippen LogP contribution in [0.25, 0.3) is 0 Å². The third kappa shape index (κ3) is 3.15. The van der Waals surface area contributed by atoms with Gasteiger partial charge in [0.2, 0.25) is 0 Å². The van der Waals surface area contributed by atoms with E-state index < -0.39 is 12.9 Å². The van der Waals surface area contributed by atoms with Crippen molar-refractivity contribution in [3.63, 3.8) is 0 Å². The van der Waals surface area contributed by atoms with E-state index in [2.05, 4.69) is 10.1 Å². The van der Waals surface area contributed by atoms with E-state index in [4.69, 9.17) is 14.8 Å². The molecule has 1 aromatic heterocycles. The van der Waals surface area contributed by atoms with Crippen LogP contribution in [0.15, 0.2) is 24.5 Å². The summed E-state index contributed by atoms with van der Waals surface area (Å²) in [6, 6.07) is 3.99. The first-order chi connectivity index (χ1) is 9.49. The smallest absolute Gasteiger partial charge is 0.486 e. The molecule has 0 amide bonds. The number of nitrogens with zero attached hydrogens (tertiary/aromatic N) is 3. The largest absolute Gasteiger partial charge is 0.491 e. The second kappa shape index (κ2) is 6.02. The molecule has 0 fully saturated rings. The second-order valence-electron chi connectivity index (χ2n) is 4.56. The summed E-state index contributed by atoms with van der Waals surface area (Å²) in [5.41, 5.74) is -0.192. The molecule has 0 aliphatic rings. The Morgan fingerprint density at radius 2 is 2.15 bits per heavy atom. The van der Waals surface area contributed by atoms with Crippen molar-refractivity contribution in [3.8, 4) is 5.75 Å². The van der Waals surface area contributed by atoms with Crippen LogP contribution in [0.5, 0.6) is 5.75 Å². The van der Waals surface area contributed by atoms with Crippen molar-refractivity contribution in [2.45, 2.75) is 26.5 Å². The Morgan fingerprint density at radius 1 is 1.40 bits per heavy atom. The van der Waals surface area contributed by atoms with Crippen molar-refractivity contribution in [1.29, 1.82) is 0 Å². The normalized spacial score (nSPS) is 10.9. The van der Waals surface area contributed by atoms with Crippen LogP contribution in [-0.2, 0) is 6.61 Å². The fourth-order valence-corrected chi connectivity index (χ4v) is 1.76. The average molecular weight is 279 g/mol. The van der Waals surface area contributed by atoms with Gasteiger partial charge in [-0.3, -0.25) is 0 Å². The molecule has 2 N–H and O–H groups in total. The summed E-state index contributed by atoms with van der Waals surface area (Å²) in [6.07, 6.45) is 1.44. The van der Waals surface area contributed by atoms with E-state index in [1.54, 1.807) is 4.68 Å². The quantitative estimate of drug-likeness (QED) is 0.767. The summed E-state index contributed by atoms with van der Waals surface area (Å²) < 4.78 is 20.7. The van der Waals surface area contributed by atoms with Gasteiger partial charge in [-0.1, -0.05) is 6.07 Å². The summed E-state index contributed by atoms with van der Waals surface area (Å²) in [4.78, 5) is 4.07. The second-order valence-corrected chi connectivity index (χ2v) is 4.56. The molecule has 0 spiro atoms. The lowest BCUT2D eigenvalue weighted by atomic mass is 9.80. The Kier molecular flexibility index (Phi) is 4.36. The van der Waals surface area contributed by atoms with E-state index in [0.717, 1.165) is 6.07 Å². The number of hydrogen-bond acceptors (Lipinski definition) is 5. The van der Waals surface area contributed by atoms with Crippen LogP contribution < -0.4 is 10.2 Å². The molecule has 2 rings (SSSR count). The lowest BCUT2D eigenvalue weighted by Gasteiger charge is -2.11. The molecule has 2 aromatic rings. The number of benzene rings is 1. The lowest BCUT2D eigenvalue weighted by molar-refractivity contribution is 0.281. The topological polar surface area (TPSA) is 80.4 Å². The van der Waals surface area contributed by atoms with E-state index in [1.165, 1.54) is 18.5 Å². The van der Waals surface area contributed by atoms with Gasteiger partial charge in [-0.2, -0.15) is 5.10 Å². The zero-order valence-electron chi connectivity index (χ0n) is 11.2. The lowest BCUT2D eigenvalue weighted by Crippen LogP contribution is -2.32. The van der Waals surface area contributed by atoms with Crippen LogP contribution in [0.2, 0.25) is 0 Å². The minimum atomic E-state index is -1.84. The molecule has 0 atom stereocenters. The van der Waals surface area contributed by atoms with Crippen molar-refractivity contribution in [1.82, 2.24) is 14.8 Å². The highest BCUT2D eigenvalue weighted by atomic mass is 19.1. The monoisotopic (exact) mass is 279 g/mol. The molecule has 8 heteroatoms. The van der Waals surface area contributed by atoms with Gasteiger partial charge in [0, 0.05) is 17.6 Å². The van der Waals surface area contributed by atoms with Crippen molar-refractivity contribution in [3.05, 3.63) is 36.2 Å². The Morgan fingerprint density at radius 3 is 2.75 bits per heavy atom. The van der Waals surface area contributed by atoms with Gasteiger partial charge >= 0.3 is 7.12 Å². The molecular formula is C12H15BFN3O3. The third-order valence-corrected chi connectivity index (χ3v) is 2.75. The van der Waals surface area contributed by atoms with Gasteiger partial charge in [-0.15, -0.1) is 0 Å².